The molecular formula is C18H30N2. The smallest absolute Gasteiger partial charge is 0.0470 e. The molecule has 1 fully saturated rings. The van der Waals surface area contributed by atoms with Gasteiger partial charge in [0.05, 0.1) is 0 Å². The first kappa shape index (κ1) is 15.5. The van der Waals surface area contributed by atoms with Crippen LogP contribution in [0.4, 0.5) is 0 Å². The fraction of sp³-hybridized carbons (Fsp3) is 0.667. The van der Waals surface area contributed by atoms with E-state index in [2.05, 4.69) is 50.1 Å². The van der Waals surface area contributed by atoms with E-state index in [1.54, 1.807) is 0 Å². The molecule has 1 aliphatic carbocycles. The fourth-order valence-electron chi connectivity index (χ4n) is 3.38. The highest BCUT2D eigenvalue weighted by Gasteiger charge is 2.24. The van der Waals surface area contributed by atoms with Gasteiger partial charge in [0, 0.05) is 18.6 Å². The van der Waals surface area contributed by atoms with Gasteiger partial charge in [0.1, 0.15) is 0 Å². The van der Waals surface area contributed by atoms with Gasteiger partial charge in [0.15, 0.2) is 0 Å². The highest BCUT2D eigenvalue weighted by atomic mass is 15.2. The third kappa shape index (κ3) is 3.62. The maximum absolute atomic E-state index is 6.07. The van der Waals surface area contributed by atoms with Crippen molar-refractivity contribution in [1.29, 1.82) is 0 Å². The van der Waals surface area contributed by atoms with Crippen LogP contribution in [-0.4, -0.2) is 24.5 Å². The summed E-state index contributed by atoms with van der Waals surface area (Å²) in [6, 6.07) is 10.1. The van der Waals surface area contributed by atoms with Crippen molar-refractivity contribution in [3.8, 4) is 0 Å². The van der Waals surface area contributed by atoms with E-state index in [1.165, 1.54) is 43.2 Å². The first-order valence-corrected chi connectivity index (χ1v) is 8.15. The Morgan fingerprint density at radius 3 is 2.10 bits per heavy atom. The van der Waals surface area contributed by atoms with E-state index in [1.807, 2.05) is 0 Å². The number of hydrogen-bond donors (Lipinski definition) is 1. The Labute approximate surface area is 124 Å². The molecule has 20 heavy (non-hydrogen) atoms. The molecule has 0 aromatic heterocycles. The third-order valence-electron chi connectivity index (χ3n) is 4.85. The largest absolute Gasteiger partial charge is 0.329 e. The quantitative estimate of drug-likeness (QED) is 0.877. The molecule has 2 nitrogen and oxygen atoms in total. The lowest BCUT2D eigenvalue weighted by Gasteiger charge is -2.37. The molecule has 0 aliphatic heterocycles. The number of hydrogen-bond acceptors (Lipinski definition) is 2. The third-order valence-corrected chi connectivity index (χ3v) is 4.85. The molecule has 0 bridgehead atoms. The monoisotopic (exact) mass is 274 g/mol. The van der Waals surface area contributed by atoms with Crippen LogP contribution < -0.4 is 5.73 Å². The van der Waals surface area contributed by atoms with Crippen molar-refractivity contribution in [2.75, 3.05) is 13.6 Å². The van der Waals surface area contributed by atoms with Crippen LogP contribution in [-0.2, 0) is 0 Å². The van der Waals surface area contributed by atoms with Gasteiger partial charge in [-0.1, -0.05) is 57.4 Å². The van der Waals surface area contributed by atoms with Gasteiger partial charge >= 0.3 is 0 Å². The molecule has 2 heteroatoms. The molecule has 2 rings (SSSR count). The Balaban J connectivity index is 2.09. The first-order chi connectivity index (χ1) is 9.63. The second-order valence-corrected chi connectivity index (χ2v) is 6.53. The minimum Gasteiger partial charge on any atom is -0.329 e. The Kier molecular flexibility index (Phi) is 5.62. The molecule has 1 saturated carbocycles. The van der Waals surface area contributed by atoms with Gasteiger partial charge in [-0.15, -0.1) is 0 Å². The van der Waals surface area contributed by atoms with Gasteiger partial charge in [-0.2, -0.15) is 0 Å². The highest BCUT2D eigenvalue weighted by molar-refractivity contribution is 5.27. The molecule has 0 amide bonds. The van der Waals surface area contributed by atoms with Crippen molar-refractivity contribution in [3.05, 3.63) is 35.4 Å². The Morgan fingerprint density at radius 2 is 1.60 bits per heavy atom. The average molecular weight is 274 g/mol. The molecule has 0 saturated heterocycles. The van der Waals surface area contributed by atoms with Crippen molar-refractivity contribution in [3.63, 3.8) is 0 Å². The number of likely N-dealkylation sites (N-methyl/N-ethyl adjacent to an activating group) is 1. The first-order valence-electron chi connectivity index (χ1n) is 8.15. The second-order valence-electron chi connectivity index (χ2n) is 6.53. The summed E-state index contributed by atoms with van der Waals surface area (Å²) in [5, 5.41) is 0. The molecule has 2 N–H and O–H groups in total. The van der Waals surface area contributed by atoms with Crippen LogP contribution in [0, 0.1) is 0 Å². The topological polar surface area (TPSA) is 29.3 Å². The van der Waals surface area contributed by atoms with Gasteiger partial charge < -0.3 is 5.73 Å². The molecule has 0 radical (unpaired) electrons. The fourth-order valence-corrected chi connectivity index (χ4v) is 3.38. The number of nitrogens with two attached hydrogens (primary N) is 1. The van der Waals surface area contributed by atoms with Gasteiger partial charge in [-0.25, -0.2) is 0 Å². The summed E-state index contributed by atoms with van der Waals surface area (Å²) in [7, 11) is 2.25. The van der Waals surface area contributed by atoms with E-state index >= 15 is 0 Å². The van der Waals surface area contributed by atoms with Crippen molar-refractivity contribution in [1.82, 2.24) is 4.90 Å². The zero-order valence-corrected chi connectivity index (χ0v) is 13.3. The lowest BCUT2D eigenvalue weighted by molar-refractivity contribution is 0.141. The molecule has 1 aromatic rings. The summed E-state index contributed by atoms with van der Waals surface area (Å²) >= 11 is 0. The Morgan fingerprint density at radius 1 is 1.05 bits per heavy atom. The van der Waals surface area contributed by atoms with E-state index in [-0.39, 0.29) is 0 Å². The molecule has 0 spiro atoms. The zero-order chi connectivity index (χ0) is 14.5. The lowest BCUT2D eigenvalue weighted by atomic mass is 9.92. The van der Waals surface area contributed by atoms with Gasteiger partial charge in [-0.3, -0.25) is 4.90 Å². The van der Waals surface area contributed by atoms with Crippen molar-refractivity contribution in [2.24, 2.45) is 5.73 Å². The molecular weight excluding hydrogens is 244 g/mol. The van der Waals surface area contributed by atoms with E-state index < -0.39 is 0 Å². The summed E-state index contributed by atoms with van der Waals surface area (Å²) in [5.74, 6) is 0.594. The van der Waals surface area contributed by atoms with E-state index in [4.69, 9.17) is 5.73 Å². The van der Waals surface area contributed by atoms with Crippen LogP contribution in [0.2, 0.25) is 0 Å². The second kappa shape index (κ2) is 7.24. The predicted octanol–water partition coefficient (Wildman–Crippen LogP) is 4.07. The number of nitrogens with zero attached hydrogens (tertiary/aromatic N) is 1. The maximum atomic E-state index is 6.07. The van der Waals surface area contributed by atoms with Crippen molar-refractivity contribution < 1.29 is 0 Å². The lowest BCUT2D eigenvalue weighted by Crippen LogP contribution is -2.39. The van der Waals surface area contributed by atoms with Crippen LogP contribution in [0.5, 0.6) is 0 Å². The summed E-state index contributed by atoms with van der Waals surface area (Å²) in [4.78, 5) is 2.52. The SMILES string of the molecule is CC(C)c1ccc(C(CN)N(C)C2CCCCC2)cc1. The molecule has 0 heterocycles. The predicted molar refractivity (Wildman–Crippen MR) is 87.0 cm³/mol. The normalized spacial score (nSPS) is 18.7. The van der Waals surface area contributed by atoms with E-state index in [0.29, 0.717) is 24.5 Å². The molecule has 1 aliphatic rings. The van der Waals surface area contributed by atoms with E-state index in [9.17, 15) is 0 Å². The summed E-state index contributed by atoms with van der Waals surface area (Å²) in [5.41, 5.74) is 8.84. The minimum atomic E-state index is 0.360. The molecule has 1 aromatic carbocycles. The number of rotatable bonds is 5. The standard InChI is InChI=1S/C18H30N2/c1-14(2)15-9-11-16(12-10-15)18(13-19)20(3)17-7-5-4-6-8-17/h9-12,14,17-18H,4-8,13,19H2,1-3H3. The summed E-state index contributed by atoms with van der Waals surface area (Å²) in [6.07, 6.45) is 6.81. The van der Waals surface area contributed by atoms with Gasteiger partial charge in [0.25, 0.3) is 0 Å². The van der Waals surface area contributed by atoms with Crippen LogP contribution in [0.25, 0.3) is 0 Å². The minimum absolute atomic E-state index is 0.360. The van der Waals surface area contributed by atoms with Crippen LogP contribution in [0.3, 0.4) is 0 Å². The molecule has 1 atom stereocenters. The summed E-state index contributed by atoms with van der Waals surface area (Å²) in [6.45, 7) is 5.18. The van der Waals surface area contributed by atoms with E-state index in [0.717, 1.165) is 0 Å². The highest BCUT2D eigenvalue weighted by Crippen LogP contribution is 2.29. The Bertz CT molecular complexity index is 390. The Hall–Kier alpha value is -0.860. The number of benzene rings is 1. The van der Waals surface area contributed by atoms with Gasteiger partial charge in [0.2, 0.25) is 0 Å². The molecule has 112 valence electrons. The average Bonchev–Trinajstić information content (AvgIpc) is 2.49. The zero-order valence-electron chi connectivity index (χ0n) is 13.3. The van der Waals surface area contributed by atoms with Crippen LogP contribution in [0.1, 0.15) is 69.0 Å². The van der Waals surface area contributed by atoms with Crippen molar-refractivity contribution >= 4 is 0 Å². The van der Waals surface area contributed by atoms with Crippen molar-refractivity contribution in [2.45, 2.75) is 64.0 Å². The molecule has 1 unspecified atom stereocenters. The van der Waals surface area contributed by atoms with Crippen LogP contribution in [0.15, 0.2) is 24.3 Å². The maximum Gasteiger partial charge on any atom is 0.0470 e. The van der Waals surface area contributed by atoms with Crippen LogP contribution >= 0.6 is 0 Å². The summed E-state index contributed by atoms with van der Waals surface area (Å²) < 4.78 is 0. The van der Waals surface area contributed by atoms with Gasteiger partial charge in [-0.05, 0) is 36.9 Å².